The molecule has 5 heteroatoms. The minimum absolute atomic E-state index is 0.194. The Morgan fingerprint density at radius 1 is 1.54 bits per heavy atom. The second kappa shape index (κ2) is 4.72. The first-order chi connectivity index (χ1) is 6.09. The standard InChI is InChI=1S/C8H10BrF2NO/c1-5(12-4-8(10)11)6-2-3-7(9)13-6/h2-3,5,8,12H,4H2,1H3. The second-order valence-electron chi connectivity index (χ2n) is 2.66. The zero-order valence-corrected chi connectivity index (χ0v) is 8.64. The van der Waals surface area contributed by atoms with Crippen molar-refractivity contribution in [3.8, 4) is 0 Å². The van der Waals surface area contributed by atoms with Crippen LogP contribution in [0.5, 0.6) is 0 Å². The van der Waals surface area contributed by atoms with Crippen LogP contribution in [0.3, 0.4) is 0 Å². The predicted molar refractivity (Wildman–Crippen MR) is 48.8 cm³/mol. The molecule has 1 atom stereocenters. The van der Waals surface area contributed by atoms with Crippen molar-refractivity contribution in [1.82, 2.24) is 5.32 Å². The van der Waals surface area contributed by atoms with Gasteiger partial charge in [0.25, 0.3) is 6.43 Å². The van der Waals surface area contributed by atoms with Crippen molar-refractivity contribution in [1.29, 1.82) is 0 Å². The van der Waals surface area contributed by atoms with Gasteiger partial charge in [0.1, 0.15) is 5.76 Å². The smallest absolute Gasteiger partial charge is 0.250 e. The summed E-state index contributed by atoms with van der Waals surface area (Å²) in [4.78, 5) is 0. The van der Waals surface area contributed by atoms with Crippen LogP contribution in [0.4, 0.5) is 8.78 Å². The quantitative estimate of drug-likeness (QED) is 0.893. The number of furan rings is 1. The molecule has 0 spiro atoms. The third-order valence-corrected chi connectivity index (χ3v) is 2.03. The minimum atomic E-state index is -2.33. The van der Waals surface area contributed by atoms with E-state index in [-0.39, 0.29) is 12.6 Å². The van der Waals surface area contributed by atoms with Crippen molar-refractivity contribution >= 4 is 15.9 Å². The summed E-state index contributed by atoms with van der Waals surface area (Å²) in [6, 6.07) is 3.28. The lowest BCUT2D eigenvalue weighted by atomic mass is 10.2. The van der Waals surface area contributed by atoms with Crippen molar-refractivity contribution in [2.75, 3.05) is 6.54 Å². The van der Waals surface area contributed by atoms with Gasteiger partial charge in [-0.25, -0.2) is 8.78 Å². The molecule has 1 rings (SSSR count). The molecule has 0 radical (unpaired) electrons. The Morgan fingerprint density at radius 2 is 2.23 bits per heavy atom. The first kappa shape index (κ1) is 10.7. The van der Waals surface area contributed by atoms with E-state index >= 15 is 0 Å². The monoisotopic (exact) mass is 253 g/mol. The van der Waals surface area contributed by atoms with Crippen LogP contribution in [0.15, 0.2) is 21.2 Å². The molecular formula is C8H10BrF2NO. The molecule has 74 valence electrons. The minimum Gasteiger partial charge on any atom is -0.453 e. The fourth-order valence-corrected chi connectivity index (χ4v) is 1.25. The van der Waals surface area contributed by atoms with E-state index in [1.165, 1.54) is 0 Å². The van der Waals surface area contributed by atoms with Gasteiger partial charge < -0.3 is 9.73 Å². The van der Waals surface area contributed by atoms with E-state index in [0.717, 1.165) is 0 Å². The van der Waals surface area contributed by atoms with Crippen molar-refractivity contribution < 1.29 is 13.2 Å². The van der Waals surface area contributed by atoms with Crippen LogP contribution in [0.1, 0.15) is 18.7 Å². The molecule has 0 aliphatic heterocycles. The number of halogens is 3. The highest BCUT2D eigenvalue weighted by atomic mass is 79.9. The predicted octanol–water partition coefficient (Wildman–Crippen LogP) is 2.96. The summed E-state index contributed by atoms with van der Waals surface area (Å²) in [6.45, 7) is 1.45. The summed E-state index contributed by atoms with van der Waals surface area (Å²) < 4.78 is 29.4. The molecule has 1 aromatic heterocycles. The van der Waals surface area contributed by atoms with Crippen LogP contribution in [-0.2, 0) is 0 Å². The molecular weight excluding hydrogens is 244 g/mol. The van der Waals surface area contributed by atoms with E-state index in [2.05, 4.69) is 21.2 Å². The largest absolute Gasteiger partial charge is 0.453 e. The normalized spacial score (nSPS) is 13.6. The van der Waals surface area contributed by atoms with Crippen LogP contribution in [-0.4, -0.2) is 13.0 Å². The molecule has 1 N–H and O–H groups in total. The van der Waals surface area contributed by atoms with E-state index in [1.807, 2.05) is 0 Å². The Kier molecular flexibility index (Phi) is 3.87. The van der Waals surface area contributed by atoms with Gasteiger partial charge in [-0.15, -0.1) is 0 Å². The first-order valence-corrected chi connectivity index (χ1v) is 4.65. The maximum atomic E-state index is 11.8. The van der Waals surface area contributed by atoms with Crippen LogP contribution in [0.25, 0.3) is 0 Å². The summed E-state index contributed by atoms with van der Waals surface area (Å²) in [5, 5.41) is 2.65. The highest BCUT2D eigenvalue weighted by Crippen LogP contribution is 2.19. The Balaban J connectivity index is 2.44. The summed E-state index contributed by atoms with van der Waals surface area (Å²) >= 11 is 3.14. The van der Waals surface area contributed by atoms with Gasteiger partial charge in [-0.1, -0.05) is 0 Å². The number of hydrogen-bond donors (Lipinski definition) is 1. The number of nitrogens with one attached hydrogen (secondary N) is 1. The zero-order valence-electron chi connectivity index (χ0n) is 7.06. The van der Waals surface area contributed by atoms with E-state index in [9.17, 15) is 8.78 Å². The summed E-state index contributed by atoms with van der Waals surface area (Å²) in [7, 11) is 0. The lowest BCUT2D eigenvalue weighted by Gasteiger charge is -2.09. The second-order valence-corrected chi connectivity index (χ2v) is 3.44. The number of hydrogen-bond acceptors (Lipinski definition) is 2. The average molecular weight is 254 g/mol. The van der Waals surface area contributed by atoms with Crippen LogP contribution >= 0.6 is 15.9 Å². The number of rotatable bonds is 4. The molecule has 0 aromatic carbocycles. The molecule has 0 aliphatic carbocycles. The van der Waals surface area contributed by atoms with Gasteiger partial charge in [0, 0.05) is 0 Å². The Hall–Kier alpha value is -0.420. The van der Waals surface area contributed by atoms with Gasteiger partial charge in [0.05, 0.1) is 12.6 Å². The third-order valence-electron chi connectivity index (χ3n) is 1.60. The molecule has 0 bridgehead atoms. The molecule has 0 saturated heterocycles. The van der Waals surface area contributed by atoms with Gasteiger partial charge in [0.15, 0.2) is 4.67 Å². The van der Waals surface area contributed by atoms with E-state index < -0.39 is 6.43 Å². The average Bonchev–Trinajstić information content (AvgIpc) is 2.47. The molecule has 0 aliphatic rings. The highest BCUT2D eigenvalue weighted by molar-refractivity contribution is 9.10. The van der Waals surface area contributed by atoms with Gasteiger partial charge in [-0.05, 0) is 35.0 Å². The van der Waals surface area contributed by atoms with Gasteiger partial charge in [-0.3, -0.25) is 0 Å². The highest BCUT2D eigenvalue weighted by Gasteiger charge is 2.11. The van der Waals surface area contributed by atoms with Gasteiger partial charge in [-0.2, -0.15) is 0 Å². The van der Waals surface area contributed by atoms with E-state index in [1.54, 1.807) is 19.1 Å². The zero-order chi connectivity index (χ0) is 9.84. The topological polar surface area (TPSA) is 25.2 Å². The summed E-state index contributed by atoms with van der Waals surface area (Å²) in [5.41, 5.74) is 0. The lowest BCUT2D eigenvalue weighted by molar-refractivity contribution is 0.140. The fraction of sp³-hybridized carbons (Fsp3) is 0.500. The SMILES string of the molecule is CC(NCC(F)F)c1ccc(Br)o1. The van der Waals surface area contributed by atoms with E-state index in [0.29, 0.717) is 10.4 Å². The molecule has 1 aromatic rings. The molecule has 1 heterocycles. The fourth-order valence-electron chi connectivity index (χ4n) is 0.927. The van der Waals surface area contributed by atoms with Crippen molar-refractivity contribution in [2.45, 2.75) is 19.4 Å². The maximum absolute atomic E-state index is 11.8. The Bertz CT molecular complexity index is 264. The van der Waals surface area contributed by atoms with Gasteiger partial charge >= 0.3 is 0 Å². The third kappa shape index (κ3) is 3.44. The Morgan fingerprint density at radius 3 is 2.69 bits per heavy atom. The van der Waals surface area contributed by atoms with Crippen LogP contribution in [0, 0.1) is 0 Å². The first-order valence-electron chi connectivity index (χ1n) is 3.86. The van der Waals surface area contributed by atoms with Gasteiger partial charge in [0.2, 0.25) is 0 Å². The van der Waals surface area contributed by atoms with Crippen molar-refractivity contribution in [3.63, 3.8) is 0 Å². The summed E-state index contributed by atoms with van der Waals surface area (Å²) in [6.07, 6.45) is -2.33. The molecule has 0 fully saturated rings. The van der Waals surface area contributed by atoms with Crippen LogP contribution in [0.2, 0.25) is 0 Å². The Labute approximate surface area is 83.4 Å². The molecule has 13 heavy (non-hydrogen) atoms. The molecule has 0 amide bonds. The van der Waals surface area contributed by atoms with Crippen molar-refractivity contribution in [3.05, 3.63) is 22.6 Å². The lowest BCUT2D eigenvalue weighted by Crippen LogP contribution is -2.24. The molecule has 0 saturated carbocycles. The van der Waals surface area contributed by atoms with Crippen LogP contribution < -0.4 is 5.32 Å². The van der Waals surface area contributed by atoms with E-state index in [4.69, 9.17) is 4.42 Å². The molecule has 1 unspecified atom stereocenters. The van der Waals surface area contributed by atoms with Crippen molar-refractivity contribution in [2.24, 2.45) is 0 Å². The number of alkyl halides is 2. The maximum Gasteiger partial charge on any atom is 0.250 e. The molecule has 2 nitrogen and oxygen atoms in total. The summed E-state index contributed by atoms with van der Waals surface area (Å²) in [5.74, 6) is 0.646.